The van der Waals surface area contributed by atoms with E-state index in [9.17, 15) is 4.79 Å². The van der Waals surface area contributed by atoms with E-state index in [-0.39, 0.29) is 10.6 Å². The van der Waals surface area contributed by atoms with Gasteiger partial charge in [0.2, 0.25) is 0 Å². The van der Waals surface area contributed by atoms with Crippen LogP contribution in [0.25, 0.3) is 5.57 Å². The Bertz CT molecular complexity index is 478. The maximum Gasteiger partial charge on any atom is 0.338 e. The molecular formula is C12H10ClNO2. The zero-order valence-electron chi connectivity index (χ0n) is 8.48. The number of aromatic nitrogens is 1. The van der Waals surface area contributed by atoms with E-state index in [4.69, 9.17) is 16.7 Å². The molecule has 3 nitrogen and oxygen atoms in total. The maximum absolute atomic E-state index is 10.7. The Morgan fingerprint density at radius 1 is 1.50 bits per heavy atom. The molecule has 82 valence electrons. The van der Waals surface area contributed by atoms with Crippen molar-refractivity contribution in [1.29, 1.82) is 0 Å². The predicted molar refractivity (Wildman–Crippen MR) is 64.6 cm³/mol. The number of rotatable bonds is 4. The average Bonchev–Trinajstić information content (AvgIpc) is 2.25. The lowest BCUT2D eigenvalue weighted by Gasteiger charge is -2.03. The Morgan fingerprint density at radius 2 is 2.19 bits per heavy atom. The quantitative estimate of drug-likeness (QED) is 0.816. The first-order valence-electron chi connectivity index (χ1n) is 4.44. The minimum atomic E-state index is -1.10. The summed E-state index contributed by atoms with van der Waals surface area (Å²) in [6, 6.07) is 1.49. The third kappa shape index (κ3) is 2.58. The Morgan fingerprint density at radius 3 is 2.62 bits per heavy atom. The fourth-order valence-electron chi connectivity index (χ4n) is 1.13. The summed E-state index contributed by atoms with van der Waals surface area (Å²) in [5.41, 5.74) is 1.27. The van der Waals surface area contributed by atoms with Crippen molar-refractivity contribution >= 4 is 23.1 Å². The summed E-state index contributed by atoms with van der Waals surface area (Å²) in [5.74, 6) is -1.10. The topological polar surface area (TPSA) is 50.2 Å². The van der Waals surface area contributed by atoms with E-state index in [2.05, 4.69) is 18.1 Å². The molecule has 1 N–H and O–H groups in total. The van der Waals surface area contributed by atoms with Gasteiger partial charge in [0.25, 0.3) is 0 Å². The van der Waals surface area contributed by atoms with E-state index >= 15 is 0 Å². The van der Waals surface area contributed by atoms with E-state index in [1.165, 1.54) is 12.3 Å². The van der Waals surface area contributed by atoms with Crippen molar-refractivity contribution in [2.24, 2.45) is 0 Å². The number of carboxylic acid groups (broad SMARTS) is 1. The zero-order chi connectivity index (χ0) is 12.1. The molecule has 0 bridgehead atoms. The smallest absolute Gasteiger partial charge is 0.338 e. The van der Waals surface area contributed by atoms with E-state index < -0.39 is 5.97 Å². The second kappa shape index (κ2) is 5.28. The summed E-state index contributed by atoms with van der Waals surface area (Å²) in [5, 5.41) is 8.93. The van der Waals surface area contributed by atoms with Gasteiger partial charge in [0.1, 0.15) is 0 Å². The minimum Gasteiger partial charge on any atom is -0.478 e. The van der Waals surface area contributed by atoms with Crippen molar-refractivity contribution in [1.82, 2.24) is 4.98 Å². The first-order chi connectivity index (χ1) is 7.60. The van der Waals surface area contributed by atoms with Gasteiger partial charge < -0.3 is 5.11 Å². The average molecular weight is 236 g/mol. The molecule has 0 atom stereocenters. The first-order valence-corrected chi connectivity index (χ1v) is 4.82. The van der Waals surface area contributed by atoms with Crippen LogP contribution < -0.4 is 0 Å². The van der Waals surface area contributed by atoms with Gasteiger partial charge in [0.05, 0.1) is 16.3 Å². The number of nitrogens with zero attached hydrogens (tertiary/aromatic N) is 1. The van der Waals surface area contributed by atoms with Crippen molar-refractivity contribution in [2.75, 3.05) is 0 Å². The summed E-state index contributed by atoms with van der Waals surface area (Å²) in [4.78, 5) is 14.7. The Kier molecular flexibility index (Phi) is 4.03. The molecule has 16 heavy (non-hydrogen) atoms. The molecule has 0 amide bonds. The van der Waals surface area contributed by atoms with Gasteiger partial charge >= 0.3 is 5.97 Å². The largest absolute Gasteiger partial charge is 0.478 e. The van der Waals surface area contributed by atoms with Crippen molar-refractivity contribution in [3.05, 3.63) is 59.9 Å². The minimum absolute atomic E-state index is 0.0209. The number of hydrogen-bond donors (Lipinski definition) is 1. The molecule has 4 heteroatoms. The van der Waals surface area contributed by atoms with Crippen molar-refractivity contribution in [3.8, 4) is 0 Å². The first kappa shape index (κ1) is 12.2. The highest BCUT2D eigenvalue weighted by atomic mass is 35.5. The highest BCUT2D eigenvalue weighted by Crippen LogP contribution is 2.21. The van der Waals surface area contributed by atoms with Crippen LogP contribution in [0.3, 0.4) is 0 Å². The van der Waals surface area contributed by atoms with Gasteiger partial charge in [0, 0.05) is 6.20 Å². The van der Waals surface area contributed by atoms with Crippen molar-refractivity contribution in [3.63, 3.8) is 0 Å². The lowest BCUT2D eigenvalue weighted by molar-refractivity contribution is 0.0696. The number of pyridine rings is 1. The monoisotopic (exact) mass is 235 g/mol. The van der Waals surface area contributed by atoms with Crippen molar-refractivity contribution in [2.45, 2.75) is 0 Å². The number of carboxylic acids is 1. The van der Waals surface area contributed by atoms with Gasteiger partial charge in [-0.3, -0.25) is 4.98 Å². The molecule has 1 rings (SSSR count). The Hall–Kier alpha value is -1.87. The highest BCUT2D eigenvalue weighted by Gasteiger charge is 2.10. The molecule has 1 aromatic rings. The number of hydrogen-bond acceptors (Lipinski definition) is 2. The molecule has 1 aromatic heterocycles. The summed E-state index contributed by atoms with van der Waals surface area (Å²) in [6.45, 7) is 7.19. The molecule has 0 saturated heterocycles. The van der Waals surface area contributed by atoms with Crippen LogP contribution in [0.4, 0.5) is 0 Å². The van der Waals surface area contributed by atoms with Gasteiger partial charge in [-0.15, -0.1) is 0 Å². The van der Waals surface area contributed by atoms with Crippen LogP contribution in [-0.4, -0.2) is 16.1 Å². The molecule has 0 radical (unpaired) electrons. The molecule has 0 aromatic carbocycles. The lowest BCUT2D eigenvalue weighted by Crippen LogP contribution is -2.00. The number of aromatic carboxylic acids is 1. The molecule has 1 heterocycles. The van der Waals surface area contributed by atoms with Gasteiger partial charge in [-0.05, 0) is 11.6 Å². The molecule has 0 fully saturated rings. The van der Waals surface area contributed by atoms with E-state index in [0.29, 0.717) is 5.69 Å². The number of allylic oxidation sites excluding steroid dienone is 4. The number of halogens is 1. The fourth-order valence-corrected chi connectivity index (χ4v) is 1.36. The second-order valence-electron chi connectivity index (χ2n) is 2.92. The van der Waals surface area contributed by atoms with Crippen LogP contribution in [0, 0.1) is 0 Å². The number of carbonyl (C=O) groups is 1. The zero-order valence-corrected chi connectivity index (χ0v) is 9.24. The van der Waals surface area contributed by atoms with Crippen LogP contribution in [0.2, 0.25) is 5.02 Å². The normalized spacial score (nSPS) is 10.9. The Labute approximate surface area is 98.4 Å². The standard InChI is InChI=1S/C12H10ClNO2/c1-3-5-8(4-2)11-6-10(13)9(7-14-11)12(15)16/h3-7H,1-2H2,(H,15,16)/b8-5+. The van der Waals surface area contributed by atoms with Crippen molar-refractivity contribution < 1.29 is 9.90 Å². The third-order valence-electron chi connectivity index (χ3n) is 1.90. The second-order valence-corrected chi connectivity index (χ2v) is 3.32. The van der Waals surface area contributed by atoms with Gasteiger partial charge in [-0.2, -0.15) is 0 Å². The summed E-state index contributed by atoms with van der Waals surface area (Å²) >= 11 is 5.82. The van der Waals surface area contributed by atoms with Gasteiger partial charge in [-0.1, -0.05) is 43.0 Å². The maximum atomic E-state index is 10.7. The SMILES string of the molecule is C=C/C=C(\C=C)c1cc(Cl)c(C(=O)O)cn1. The molecule has 0 unspecified atom stereocenters. The summed E-state index contributed by atoms with van der Waals surface area (Å²) in [7, 11) is 0. The molecule has 0 spiro atoms. The summed E-state index contributed by atoms with van der Waals surface area (Å²) < 4.78 is 0. The van der Waals surface area contributed by atoms with Crippen LogP contribution in [-0.2, 0) is 0 Å². The van der Waals surface area contributed by atoms with Crippen LogP contribution >= 0.6 is 11.6 Å². The molecular weight excluding hydrogens is 226 g/mol. The van der Waals surface area contributed by atoms with Crippen LogP contribution in [0.1, 0.15) is 16.1 Å². The van der Waals surface area contributed by atoms with Gasteiger partial charge in [0.15, 0.2) is 0 Å². The van der Waals surface area contributed by atoms with Crippen LogP contribution in [0.15, 0.2) is 43.6 Å². The molecule has 0 saturated carbocycles. The van der Waals surface area contributed by atoms with Crippen LogP contribution in [0.5, 0.6) is 0 Å². The fraction of sp³-hybridized carbons (Fsp3) is 0. The molecule has 0 aliphatic heterocycles. The molecule has 0 aliphatic carbocycles. The van der Waals surface area contributed by atoms with Gasteiger partial charge in [-0.25, -0.2) is 4.79 Å². The highest BCUT2D eigenvalue weighted by molar-refractivity contribution is 6.33. The van der Waals surface area contributed by atoms with E-state index in [1.807, 2.05) is 0 Å². The summed E-state index contributed by atoms with van der Waals surface area (Å²) in [6.07, 6.45) is 6.13. The lowest BCUT2D eigenvalue weighted by atomic mass is 10.1. The third-order valence-corrected chi connectivity index (χ3v) is 2.21. The van der Waals surface area contributed by atoms with E-state index in [1.54, 1.807) is 18.2 Å². The van der Waals surface area contributed by atoms with E-state index in [0.717, 1.165) is 5.57 Å². The Balaban J connectivity index is 3.24. The predicted octanol–water partition coefficient (Wildman–Crippen LogP) is 3.19. The molecule has 0 aliphatic rings.